The van der Waals surface area contributed by atoms with Crippen LogP contribution >= 0.6 is 0 Å². The van der Waals surface area contributed by atoms with E-state index >= 15 is 0 Å². The Hall–Kier alpha value is -3.59. The Balaban J connectivity index is 1.54. The second-order valence-electron chi connectivity index (χ2n) is 9.17. The highest BCUT2D eigenvalue weighted by Gasteiger charge is 2.42. The largest absolute Gasteiger partial charge is 0.493 e. The minimum absolute atomic E-state index is 0.00844. The molecule has 192 valence electrons. The molecule has 2 N–H and O–H groups in total. The number of carbonyl (C=O) groups is 3. The van der Waals surface area contributed by atoms with Crippen molar-refractivity contribution in [3.63, 3.8) is 0 Å². The van der Waals surface area contributed by atoms with Gasteiger partial charge in [0.05, 0.1) is 12.8 Å². The molecule has 9 heteroatoms. The van der Waals surface area contributed by atoms with Gasteiger partial charge in [-0.05, 0) is 36.5 Å². The van der Waals surface area contributed by atoms with E-state index in [-0.39, 0.29) is 18.2 Å². The molecule has 0 unspecified atom stereocenters. The lowest BCUT2D eigenvalue weighted by Gasteiger charge is -2.26. The van der Waals surface area contributed by atoms with Gasteiger partial charge in [0.15, 0.2) is 11.5 Å². The van der Waals surface area contributed by atoms with Crippen LogP contribution in [0.1, 0.15) is 56.1 Å². The van der Waals surface area contributed by atoms with Crippen LogP contribution < -0.4 is 19.9 Å². The van der Waals surface area contributed by atoms with Gasteiger partial charge in [-0.2, -0.15) is 0 Å². The van der Waals surface area contributed by atoms with E-state index in [4.69, 9.17) is 14.7 Å². The van der Waals surface area contributed by atoms with E-state index in [0.29, 0.717) is 50.5 Å². The molecule has 9 nitrogen and oxygen atoms in total. The maximum Gasteiger partial charge on any atom is 0.249 e. The third-order valence-electron chi connectivity index (χ3n) is 6.77. The van der Waals surface area contributed by atoms with Crippen molar-refractivity contribution in [2.24, 2.45) is 0 Å². The SMILES string of the molecule is COc1cc2c(cc1OCc1ccccc1)CN1C(=O)CC[C@H]1C(=O)N2CCCCCCC(=O)NO. The highest BCUT2D eigenvalue weighted by Crippen LogP contribution is 2.40. The van der Waals surface area contributed by atoms with Gasteiger partial charge in [0.25, 0.3) is 0 Å². The summed E-state index contributed by atoms with van der Waals surface area (Å²) in [6, 6.07) is 13.1. The summed E-state index contributed by atoms with van der Waals surface area (Å²) in [6.07, 6.45) is 4.22. The maximum atomic E-state index is 13.6. The number of anilines is 1. The molecule has 1 atom stereocenters. The fourth-order valence-electron chi connectivity index (χ4n) is 4.84. The molecule has 2 aliphatic heterocycles. The van der Waals surface area contributed by atoms with Crippen LogP contribution in [0.15, 0.2) is 42.5 Å². The summed E-state index contributed by atoms with van der Waals surface area (Å²) >= 11 is 0. The number of methoxy groups -OCH3 is 1. The minimum atomic E-state index is -0.460. The molecule has 0 radical (unpaired) electrons. The standard InChI is InChI=1S/C27H33N3O6/c1-35-23-16-22-20(15-24(23)36-18-19-9-5-4-6-10-19)17-30-21(12-13-26(30)32)27(33)29(22)14-8-3-2-7-11-25(31)28-34/h4-6,9-10,15-16,21,34H,2-3,7-8,11-14,17-18H2,1H3,(H,28,31)/t21-/m0/s1. The molecule has 3 amide bonds. The van der Waals surface area contributed by atoms with E-state index in [1.807, 2.05) is 42.5 Å². The lowest BCUT2D eigenvalue weighted by molar-refractivity contribution is -0.134. The molecule has 1 fully saturated rings. The van der Waals surface area contributed by atoms with Crippen molar-refractivity contribution in [1.82, 2.24) is 10.4 Å². The number of carbonyl (C=O) groups excluding carboxylic acids is 3. The van der Waals surface area contributed by atoms with Crippen molar-refractivity contribution in [1.29, 1.82) is 0 Å². The normalized spacial score (nSPS) is 16.9. The molecule has 2 aliphatic rings. The Morgan fingerprint density at radius 1 is 1.08 bits per heavy atom. The van der Waals surface area contributed by atoms with Crippen molar-refractivity contribution in [3.8, 4) is 11.5 Å². The van der Waals surface area contributed by atoms with Crippen molar-refractivity contribution >= 4 is 23.4 Å². The van der Waals surface area contributed by atoms with E-state index in [9.17, 15) is 14.4 Å². The van der Waals surface area contributed by atoms with Crippen LogP contribution in [-0.4, -0.2) is 47.5 Å². The van der Waals surface area contributed by atoms with Crippen LogP contribution in [0.2, 0.25) is 0 Å². The van der Waals surface area contributed by atoms with Gasteiger partial charge in [-0.15, -0.1) is 0 Å². The Morgan fingerprint density at radius 3 is 2.61 bits per heavy atom. The number of amides is 3. The molecule has 36 heavy (non-hydrogen) atoms. The zero-order chi connectivity index (χ0) is 25.5. The predicted octanol–water partition coefficient (Wildman–Crippen LogP) is 3.57. The summed E-state index contributed by atoms with van der Waals surface area (Å²) in [5.74, 6) is 0.630. The topological polar surface area (TPSA) is 108 Å². The number of hydrogen-bond donors (Lipinski definition) is 2. The Kier molecular flexibility index (Phi) is 8.43. The van der Waals surface area contributed by atoms with Gasteiger partial charge in [-0.1, -0.05) is 43.2 Å². The highest BCUT2D eigenvalue weighted by atomic mass is 16.5. The Bertz CT molecular complexity index is 1090. The Labute approximate surface area is 210 Å². The monoisotopic (exact) mass is 495 g/mol. The quantitative estimate of drug-likeness (QED) is 0.280. The smallest absolute Gasteiger partial charge is 0.249 e. The fraction of sp³-hybridized carbons (Fsp3) is 0.444. The average Bonchev–Trinajstić information content (AvgIpc) is 3.21. The molecule has 2 heterocycles. The van der Waals surface area contributed by atoms with E-state index in [1.165, 1.54) is 0 Å². The number of nitrogens with one attached hydrogen (secondary N) is 1. The number of rotatable bonds is 11. The third-order valence-corrected chi connectivity index (χ3v) is 6.77. The molecule has 0 aromatic heterocycles. The molecule has 2 aromatic carbocycles. The minimum Gasteiger partial charge on any atom is -0.493 e. The van der Waals surface area contributed by atoms with Gasteiger partial charge in [-0.25, -0.2) is 5.48 Å². The van der Waals surface area contributed by atoms with Crippen molar-refractivity contribution in [2.45, 2.75) is 64.1 Å². The zero-order valence-electron chi connectivity index (χ0n) is 20.6. The predicted molar refractivity (Wildman–Crippen MR) is 133 cm³/mol. The fourth-order valence-corrected chi connectivity index (χ4v) is 4.84. The third kappa shape index (κ3) is 5.79. The molecule has 0 bridgehead atoms. The van der Waals surface area contributed by atoms with Crippen LogP contribution in [0.4, 0.5) is 5.69 Å². The maximum absolute atomic E-state index is 13.6. The summed E-state index contributed by atoms with van der Waals surface area (Å²) < 4.78 is 11.7. The van der Waals surface area contributed by atoms with Crippen LogP contribution in [0.25, 0.3) is 0 Å². The number of benzene rings is 2. The van der Waals surface area contributed by atoms with Gasteiger partial charge >= 0.3 is 0 Å². The van der Waals surface area contributed by atoms with Crippen LogP contribution in [0.5, 0.6) is 11.5 Å². The molecular weight excluding hydrogens is 462 g/mol. The first-order valence-electron chi connectivity index (χ1n) is 12.4. The first-order chi connectivity index (χ1) is 17.5. The van der Waals surface area contributed by atoms with Crippen LogP contribution in [-0.2, 0) is 27.5 Å². The van der Waals surface area contributed by atoms with Gasteiger partial charge in [0, 0.05) is 32.0 Å². The summed E-state index contributed by atoms with van der Waals surface area (Å²) in [4.78, 5) is 40.8. The summed E-state index contributed by atoms with van der Waals surface area (Å²) in [5.41, 5.74) is 4.26. The van der Waals surface area contributed by atoms with Gasteiger partial charge in [-0.3, -0.25) is 19.6 Å². The second kappa shape index (κ2) is 11.9. The average molecular weight is 496 g/mol. The van der Waals surface area contributed by atoms with E-state index < -0.39 is 11.9 Å². The highest BCUT2D eigenvalue weighted by molar-refractivity contribution is 6.02. The molecule has 2 aromatic rings. The molecule has 0 aliphatic carbocycles. The lowest BCUT2D eigenvalue weighted by atomic mass is 10.1. The van der Waals surface area contributed by atoms with Crippen LogP contribution in [0.3, 0.4) is 0 Å². The first-order valence-corrected chi connectivity index (χ1v) is 12.4. The summed E-state index contributed by atoms with van der Waals surface area (Å²) in [6.45, 7) is 1.23. The van der Waals surface area contributed by atoms with Gasteiger partial charge in [0.1, 0.15) is 12.6 Å². The number of fused-ring (bicyclic) bond motifs is 2. The zero-order valence-corrected chi connectivity index (χ0v) is 20.6. The molecule has 0 saturated carbocycles. The number of ether oxygens (including phenoxy) is 2. The molecule has 4 rings (SSSR count). The van der Waals surface area contributed by atoms with E-state index in [1.54, 1.807) is 22.4 Å². The van der Waals surface area contributed by atoms with Crippen molar-refractivity contribution in [2.75, 3.05) is 18.6 Å². The number of hydrogen-bond acceptors (Lipinski definition) is 6. The van der Waals surface area contributed by atoms with E-state index in [2.05, 4.69) is 0 Å². The van der Waals surface area contributed by atoms with Crippen molar-refractivity contribution < 1.29 is 29.1 Å². The van der Waals surface area contributed by atoms with Crippen LogP contribution in [0, 0.1) is 0 Å². The Morgan fingerprint density at radius 2 is 1.86 bits per heavy atom. The molecule has 1 saturated heterocycles. The van der Waals surface area contributed by atoms with Gasteiger partial charge in [0.2, 0.25) is 17.7 Å². The molecule has 0 spiro atoms. The first kappa shape index (κ1) is 25.5. The summed E-state index contributed by atoms with van der Waals surface area (Å²) in [5, 5.41) is 8.61. The van der Waals surface area contributed by atoms with E-state index in [0.717, 1.165) is 36.1 Å². The number of unbranched alkanes of at least 4 members (excludes halogenated alkanes) is 3. The molecular formula is C27H33N3O6. The summed E-state index contributed by atoms with van der Waals surface area (Å²) in [7, 11) is 1.57. The van der Waals surface area contributed by atoms with Gasteiger partial charge < -0.3 is 19.3 Å². The lowest BCUT2D eigenvalue weighted by Crippen LogP contribution is -2.44. The number of hydroxylamine groups is 1. The van der Waals surface area contributed by atoms with Crippen molar-refractivity contribution in [3.05, 3.63) is 53.6 Å². The number of nitrogens with zero attached hydrogens (tertiary/aromatic N) is 2. The second-order valence-corrected chi connectivity index (χ2v) is 9.17.